The number of benzene rings is 9. The molecule has 0 amide bonds. The van der Waals surface area contributed by atoms with Crippen molar-refractivity contribution in [3.05, 3.63) is 169 Å². The minimum Gasteiger partial charge on any atom is -0.456 e. The first-order valence-electron chi connectivity index (χ1n) is 17.1. The SMILES string of the molecule is c1ccc2cc(-c3c4ccccc4c(-c4cc5oc6ccccc6c5c5c(-c6cccc7ccccc67)csc45)c4ccccc34)ccc2c1. The number of fused-ring (bicyclic) bond motifs is 9. The van der Waals surface area contributed by atoms with Gasteiger partial charge in [0, 0.05) is 32.0 Å². The van der Waals surface area contributed by atoms with Crippen LogP contribution in [0.15, 0.2) is 174 Å². The second-order valence-electron chi connectivity index (χ2n) is 13.2. The van der Waals surface area contributed by atoms with Crippen molar-refractivity contribution < 1.29 is 4.42 Å². The molecule has 0 aliphatic rings. The molecular formula is C48H28OS. The molecule has 0 N–H and O–H groups in total. The van der Waals surface area contributed by atoms with Crippen LogP contribution in [0, 0.1) is 0 Å². The minimum atomic E-state index is 0.914. The molecule has 0 bridgehead atoms. The summed E-state index contributed by atoms with van der Waals surface area (Å²) in [7, 11) is 0. The van der Waals surface area contributed by atoms with Gasteiger partial charge in [-0.2, -0.15) is 0 Å². The lowest BCUT2D eigenvalue weighted by molar-refractivity contribution is 0.669. The third-order valence-corrected chi connectivity index (χ3v) is 11.5. The van der Waals surface area contributed by atoms with Crippen molar-refractivity contribution in [3.8, 4) is 33.4 Å². The molecule has 0 aliphatic carbocycles. The van der Waals surface area contributed by atoms with E-state index in [4.69, 9.17) is 4.42 Å². The van der Waals surface area contributed by atoms with Gasteiger partial charge in [0.05, 0.1) is 0 Å². The fourth-order valence-corrected chi connectivity index (χ4v) is 9.44. The van der Waals surface area contributed by atoms with Gasteiger partial charge in [-0.15, -0.1) is 11.3 Å². The fraction of sp³-hybridized carbons (Fsp3) is 0. The standard InChI is InChI=1S/C48H28OS/c1-2-14-31-26-32(25-24-29(31)12-1)44-35-17-5-7-19-37(35)45(38-20-8-6-18-36(38)44)40-27-43-46(39-21-9-10-23-42(39)49-43)47-41(28-50-48(40)47)34-22-11-15-30-13-3-4-16-33(30)34/h1-28H. The summed E-state index contributed by atoms with van der Waals surface area (Å²) in [6.07, 6.45) is 0. The van der Waals surface area contributed by atoms with Crippen molar-refractivity contribution >= 4 is 86.5 Å². The van der Waals surface area contributed by atoms with E-state index < -0.39 is 0 Å². The molecule has 2 aromatic heterocycles. The average Bonchev–Trinajstić information content (AvgIpc) is 3.78. The third-order valence-electron chi connectivity index (χ3n) is 10.5. The van der Waals surface area contributed by atoms with Gasteiger partial charge in [-0.25, -0.2) is 0 Å². The quantitative estimate of drug-likeness (QED) is 0.173. The van der Waals surface area contributed by atoms with Gasteiger partial charge < -0.3 is 4.42 Å². The topological polar surface area (TPSA) is 13.1 Å². The Morgan fingerprint density at radius 3 is 1.72 bits per heavy atom. The number of rotatable bonds is 3. The summed E-state index contributed by atoms with van der Waals surface area (Å²) in [5.41, 5.74) is 9.29. The molecule has 0 atom stereocenters. The van der Waals surface area contributed by atoms with Crippen LogP contribution in [0.25, 0.3) is 108 Å². The molecule has 0 fully saturated rings. The van der Waals surface area contributed by atoms with E-state index in [9.17, 15) is 0 Å². The fourth-order valence-electron chi connectivity index (χ4n) is 8.34. The van der Waals surface area contributed by atoms with E-state index >= 15 is 0 Å². The molecule has 1 nitrogen and oxygen atoms in total. The van der Waals surface area contributed by atoms with E-state index in [1.54, 1.807) is 0 Å². The number of para-hydroxylation sites is 1. The van der Waals surface area contributed by atoms with Gasteiger partial charge in [0.1, 0.15) is 11.2 Å². The highest BCUT2D eigenvalue weighted by Crippen LogP contribution is 2.51. The summed E-state index contributed by atoms with van der Waals surface area (Å²) in [6.45, 7) is 0. The Hall–Kier alpha value is -6.22. The normalized spacial score (nSPS) is 12.0. The zero-order chi connectivity index (χ0) is 32.8. The van der Waals surface area contributed by atoms with Crippen molar-refractivity contribution in [2.24, 2.45) is 0 Å². The average molecular weight is 653 g/mol. The third kappa shape index (κ3) is 3.94. The number of hydrogen-bond donors (Lipinski definition) is 0. The van der Waals surface area contributed by atoms with Crippen LogP contribution in [0.1, 0.15) is 0 Å². The predicted octanol–water partition coefficient (Wildman–Crippen LogP) is 14.4. The van der Waals surface area contributed by atoms with E-state index in [1.807, 2.05) is 11.3 Å². The predicted molar refractivity (Wildman–Crippen MR) is 215 cm³/mol. The second kappa shape index (κ2) is 10.6. The first-order valence-corrected chi connectivity index (χ1v) is 18.0. The van der Waals surface area contributed by atoms with Gasteiger partial charge >= 0.3 is 0 Å². The Morgan fingerprint density at radius 2 is 0.960 bits per heavy atom. The largest absolute Gasteiger partial charge is 0.456 e. The summed E-state index contributed by atoms with van der Waals surface area (Å²) in [5.74, 6) is 0. The van der Waals surface area contributed by atoms with Gasteiger partial charge in [0.25, 0.3) is 0 Å². The molecule has 0 unspecified atom stereocenters. The molecular weight excluding hydrogens is 625 g/mol. The molecule has 9 aromatic carbocycles. The summed E-state index contributed by atoms with van der Waals surface area (Å²) in [4.78, 5) is 0. The summed E-state index contributed by atoms with van der Waals surface area (Å²) >= 11 is 1.84. The molecule has 0 aliphatic heterocycles. The number of furan rings is 1. The Kier molecular flexibility index (Phi) is 5.89. The molecule has 50 heavy (non-hydrogen) atoms. The van der Waals surface area contributed by atoms with E-state index in [1.165, 1.54) is 91.9 Å². The Bertz CT molecular complexity index is 3100. The first-order chi connectivity index (χ1) is 24.8. The Morgan fingerprint density at radius 1 is 0.360 bits per heavy atom. The van der Waals surface area contributed by atoms with E-state index in [0.717, 1.165) is 16.6 Å². The van der Waals surface area contributed by atoms with Crippen LogP contribution in [-0.2, 0) is 0 Å². The maximum absolute atomic E-state index is 6.73. The van der Waals surface area contributed by atoms with E-state index in [0.29, 0.717) is 0 Å². The van der Waals surface area contributed by atoms with Crippen molar-refractivity contribution in [1.29, 1.82) is 0 Å². The van der Waals surface area contributed by atoms with Gasteiger partial charge in [0.2, 0.25) is 0 Å². The molecule has 2 heteroatoms. The number of thiophene rings is 1. The maximum Gasteiger partial charge on any atom is 0.136 e. The van der Waals surface area contributed by atoms with Crippen LogP contribution in [0.3, 0.4) is 0 Å². The molecule has 2 heterocycles. The molecule has 0 spiro atoms. The lowest BCUT2D eigenvalue weighted by Crippen LogP contribution is -1.91. The highest BCUT2D eigenvalue weighted by molar-refractivity contribution is 7.18. The van der Waals surface area contributed by atoms with Crippen LogP contribution in [0.4, 0.5) is 0 Å². The van der Waals surface area contributed by atoms with Crippen LogP contribution >= 0.6 is 11.3 Å². The molecule has 0 radical (unpaired) electrons. The summed E-state index contributed by atoms with van der Waals surface area (Å²) in [6, 6.07) is 59.6. The van der Waals surface area contributed by atoms with Crippen LogP contribution in [0.5, 0.6) is 0 Å². The first kappa shape index (κ1) is 27.7. The van der Waals surface area contributed by atoms with Crippen molar-refractivity contribution in [1.82, 2.24) is 0 Å². The van der Waals surface area contributed by atoms with Gasteiger partial charge in [-0.05, 0) is 88.9 Å². The molecule has 11 rings (SSSR count). The van der Waals surface area contributed by atoms with Crippen molar-refractivity contribution in [2.75, 3.05) is 0 Å². The smallest absolute Gasteiger partial charge is 0.136 e. The van der Waals surface area contributed by atoms with Crippen molar-refractivity contribution in [3.63, 3.8) is 0 Å². The van der Waals surface area contributed by atoms with Crippen molar-refractivity contribution in [2.45, 2.75) is 0 Å². The van der Waals surface area contributed by atoms with E-state index in [2.05, 4.69) is 169 Å². The van der Waals surface area contributed by atoms with Crippen LogP contribution < -0.4 is 0 Å². The minimum absolute atomic E-state index is 0.914. The second-order valence-corrected chi connectivity index (χ2v) is 14.1. The Labute approximate surface area is 292 Å². The van der Waals surface area contributed by atoms with E-state index in [-0.39, 0.29) is 0 Å². The summed E-state index contributed by atoms with van der Waals surface area (Å²) < 4.78 is 8.01. The van der Waals surface area contributed by atoms with Gasteiger partial charge in [-0.3, -0.25) is 0 Å². The number of hydrogen-bond acceptors (Lipinski definition) is 2. The van der Waals surface area contributed by atoms with Gasteiger partial charge in [0.15, 0.2) is 0 Å². The zero-order valence-electron chi connectivity index (χ0n) is 27.0. The highest BCUT2D eigenvalue weighted by Gasteiger charge is 2.24. The van der Waals surface area contributed by atoms with Crippen LogP contribution in [-0.4, -0.2) is 0 Å². The highest BCUT2D eigenvalue weighted by atomic mass is 32.1. The molecule has 232 valence electrons. The molecule has 0 saturated carbocycles. The maximum atomic E-state index is 6.73. The lowest BCUT2D eigenvalue weighted by atomic mass is 9.84. The monoisotopic (exact) mass is 652 g/mol. The zero-order valence-corrected chi connectivity index (χ0v) is 27.8. The molecule has 0 saturated heterocycles. The Balaban J connectivity index is 1.30. The van der Waals surface area contributed by atoms with Crippen LogP contribution in [0.2, 0.25) is 0 Å². The molecule has 11 aromatic rings. The van der Waals surface area contributed by atoms with Gasteiger partial charge in [-0.1, -0.05) is 146 Å². The summed E-state index contributed by atoms with van der Waals surface area (Å²) in [5, 5.41) is 16.0. The lowest BCUT2D eigenvalue weighted by Gasteiger charge is -2.18.